The van der Waals surface area contributed by atoms with Gasteiger partial charge in [-0.05, 0) is 36.6 Å². The predicted molar refractivity (Wildman–Crippen MR) is 72.1 cm³/mol. The molecular weight excluding hydrogens is 323 g/mol. The fraction of sp³-hybridized carbons (Fsp3) is 0.143. The first-order valence-corrected chi connectivity index (χ1v) is 6.81. The van der Waals surface area contributed by atoms with E-state index in [9.17, 15) is 22.0 Å². The summed E-state index contributed by atoms with van der Waals surface area (Å²) < 4.78 is 75.9. The molecule has 1 aromatic heterocycles. The summed E-state index contributed by atoms with van der Waals surface area (Å²) in [7, 11) is 0. The average Bonchev–Trinajstić information content (AvgIpc) is 2.98. The molecule has 3 aromatic rings. The van der Waals surface area contributed by atoms with Crippen LogP contribution in [0, 0.1) is 42.9 Å². The molecule has 0 saturated carbocycles. The average molecular weight is 330 g/mol. The molecule has 0 aliphatic carbocycles. The first-order chi connectivity index (χ1) is 10.3. The number of aryl methyl sites for hydroxylation is 2. The molecule has 0 spiro atoms. The van der Waals surface area contributed by atoms with E-state index in [4.69, 9.17) is 0 Å². The van der Waals surface area contributed by atoms with Gasteiger partial charge in [-0.3, -0.25) is 0 Å². The summed E-state index contributed by atoms with van der Waals surface area (Å²) in [6, 6.07) is 1.34. The van der Waals surface area contributed by atoms with Gasteiger partial charge in [0.1, 0.15) is 11.0 Å². The van der Waals surface area contributed by atoms with Crippen LogP contribution in [0.2, 0.25) is 0 Å². The number of hydrogen-bond acceptors (Lipinski definition) is 3. The van der Waals surface area contributed by atoms with Crippen molar-refractivity contribution in [2.24, 2.45) is 0 Å². The number of fused-ring (bicyclic) bond motifs is 1. The van der Waals surface area contributed by atoms with E-state index < -0.39 is 34.6 Å². The van der Waals surface area contributed by atoms with Crippen LogP contribution >= 0.6 is 11.7 Å². The molecule has 0 fully saturated rings. The van der Waals surface area contributed by atoms with Crippen molar-refractivity contribution < 1.29 is 22.0 Å². The second-order valence-corrected chi connectivity index (χ2v) is 5.30. The molecule has 0 aliphatic heterocycles. The van der Waals surface area contributed by atoms with E-state index in [2.05, 4.69) is 8.75 Å². The Bertz CT molecular complexity index is 890. The fourth-order valence-corrected chi connectivity index (χ4v) is 2.97. The van der Waals surface area contributed by atoms with Gasteiger partial charge in [0.25, 0.3) is 0 Å². The standard InChI is InChI=1S/C14H7F5N2S/c1-4-3-6(5(2)14-13(4)20-22-21-14)7-8(15)10(17)12(19)11(18)9(7)16/h3H,1-2H3. The summed E-state index contributed by atoms with van der Waals surface area (Å²) in [5, 5.41) is 0. The van der Waals surface area contributed by atoms with Gasteiger partial charge in [0.2, 0.25) is 5.82 Å². The minimum absolute atomic E-state index is 0.0921. The third-order valence-corrected chi connectivity index (χ3v) is 3.99. The minimum atomic E-state index is -2.18. The molecule has 2 aromatic carbocycles. The maximum Gasteiger partial charge on any atom is 0.200 e. The van der Waals surface area contributed by atoms with E-state index in [1.807, 2.05) is 0 Å². The number of aromatic nitrogens is 2. The van der Waals surface area contributed by atoms with Crippen molar-refractivity contribution in [1.29, 1.82) is 0 Å². The molecule has 0 N–H and O–H groups in total. The Hall–Kier alpha value is -2.09. The van der Waals surface area contributed by atoms with Crippen molar-refractivity contribution in [1.82, 2.24) is 8.75 Å². The summed E-state index contributed by atoms with van der Waals surface area (Å²) >= 11 is 0.907. The summed E-state index contributed by atoms with van der Waals surface area (Å²) in [6.07, 6.45) is 0. The lowest BCUT2D eigenvalue weighted by Crippen LogP contribution is -2.05. The molecule has 0 unspecified atom stereocenters. The van der Waals surface area contributed by atoms with Crippen molar-refractivity contribution in [3.05, 3.63) is 46.3 Å². The molecule has 2 nitrogen and oxygen atoms in total. The lowest BCUT2D eigenvalue weighted by Gasteiger charge is -2.12. The van der Waals surface area contributed by atoms with Crippen molar-refractivity contribution in [2.75, 3.05) is 0 Å². The first kappa shape index (κ1) is 14.8. The van der Waals surface area contributed by atoms with Crippen molar-refractivity contribution >= 4 is 22.8 Å². The van der Waals surface area contributed by atoms with Crippen LogP contribution in [0.4, 0.5) is 22.0 Å². The first-order valence-electron chi connectivity index (χ1n) is 6.08. The summed E-state index contributed by atoms with van der Waals surface area (Å²) in [6.45, 7) is 3.12. The quantitative estimate of drug-likeness (QED) is 0.368. The molecular formula is C14H7F5N2S. The molecule has 3 rings (SSSR count). The van der Waals surface area contributed by atoms with Gasteiger partial charge in [0.05, 0.1) is 17.3 Å². The van der Waals surface area contributed by atoms with Crippen LogP contribution in [0.15, 0.2) is 6.07 Å². The molecule has 0 saturated heterocycles. The molecule has 0 aliphatic rings. The van der Waals surface area contributed by atoms with Gasteiger partial charge in [0, 0.05) is 0 Å². The Morgan fingerprint density at radius 3 is 1.86 bits per heavy atom. The van der Waals surface area contributed by atoms with Crippen LogP contribution in [-0.4, -0.2) is 8.75 Å². The number of halogens is 5. The van der Waals surface area contributed by atoms with E-state index in [0.717, 1.165) is 11.7 Å². The molecule has 0 amide bonds. The highest BCUT2D eigenvalue weighted by Crippen LogP contribution is 2.36. The molecule has 8 heteroatoms. The van der Waals surface area contributed by atoms with E-state index in [1.165, 1.54) is 13.0 Å². The van der Waals surface area contributed by atoms with Gasteiger partial charge in [-0.25, -0.2) is 22.0 Å². The second-order valence-electron chi connectivity index (χ2n) is 4.77. The Morgan fingerprint density at radius 2 is 1.27 bits per heavy atom. The third-order valence-electron chi connectivity index (χ3n) is 3.46. The van der Waals surface area contributed by atoms with Crippen LogP contribution in [0.5, 0.6) is 0 Å². The van der Waals surface area contributed by atoms with Gasteiger partial charge in [-0.2, -0.15) is 8.75 Å². The smallest absolute Gasteiger partial charge is 0.200 e. The van der Waals surface area contributed by atoms with Crippen molar-refractivity contribution in [2.45, 2.75) is 13.8 Å². The molecule has 0 bridgehead atoms. The van der Waals surface area contributed by atoms with Gasteiger partial charge in [-0.15, -0.1) is 0 Å². The largest absolute Gasteiger partial charge is 0.203 e. The fourth-order valence-electron chi connectivity index (χ4n) is 2.32. The van der Waals surface area contributed by atoms with Crippen molar-refractivity contribution in [3.63, 3.8) is 0 Å². The molecule has 1 heterocycles. The number of nitrogens with zero attached hydrogens (tertiary/aromatic N) is 2. The molecule has 0 atom stereocenters. The zero-order valence-electron chi connectivity index (χ0n) is 11.3. The lowest BCUT2D eigenvalue weighted by molar-refractivity contribution is 0.381. The Balaban J connectivity index is 2.45. The van der Waals surface area contributed by atoms with E-state index in [1.54, 1.807) is 6.92 Å². The zero-order chi connectivity index (χ0) is 16.2. The van der Waals surface area contributed by atoms with Gasteiger partial charge in [0.15, 0.2) is 23.3 Å². The topological polar surface area (TPSA) is 25.8 Å². The molecule has 0 radical (unpaired) electrons. The molecule has 22 heavy (non-hydrogen) atoms. The maximum atomic E-state index is 14.0. The van der Waals surface area contributed by atoms with Crippen LogP contribution < -0.4 is 0 Å². The van der Waals surface area contributed by atoms with E-state index in [0.29, 0.717) is 22.2 Å². The highest BCUT2D eigenvalue weighted by molar-refractivity contribution is 7.00. The van der Waals surface area contributed by atoms with Crippen LogP contribution in [0.1, 0.15) is 11.1 Å². The van der Waals surface area contributed by atoms with Gasteiger partial charge >= 0.3 is 0 Å². The number of benzene rings is 2. The van der Waals surface area contributed by atoms with Gasteiger partial charge < -0.3 is 0 Å². The predicted octanol–water partition coefficient (Wildman–Crippen LogP) is 4.67. The summed E-state index contributed by atoms with van der Waals surface area (Å²) in [5.41, 5.74) is 0.710. The highest BCUT2D eigenvalue weighted by atomic mass is 32.1. The van der Waals surface area contributed by atoms with Crippen LogP contribution in [0.25, 0.3) is 22.2 Å². The van der Waals surface area contributed by atoms with Crippen LogP contribution in [-0.2, 0) is 0 Å². The normalized spacial score (nSPS) is 11.4. The number of rotatable bonds is 1. The lowest BCUT2D eigenvalue weighted by atomic mass is 9.95. The number of hydrogen-bond donors (Lipinski definition) is 0. The monoisotopic (exact) mass is 330 g/mol. The molecule has 114 valence electrons. The Labute approximate surface area is 125 Å². The van der Waals surface area contributed by atoms with Crippen LogP contribution in [0.3, 0.4) is 0 Å². The zero-order valence-corrected chi connectivity index (χ0v) is 12.1. The third kappa shape index (κ3) is 1.90. The summed E-state index contributed by atoms with van der Waals surface area (Å²) in [5.74, 6) is -9.84. The van der Waals surface area contributed by atoms with E-state index in [-0.39, 0.29) is 5.56 Å². The maximum absolute atomic E-state index is 14.0. The second kappa shape index (κ2) is 4.98. The van der Waals surface area contributed by atoms with Crippen molar-refractivity contribution in [3.8, 4) is 11.1 Å². The van der Waals surface area contributed by atoms with Gasteiger partial charge in [-0.1, -0.05) is 0 Å². The highest BCUT2D eigenvalue weighted by Gasteiger charge is 2.28. The Kier molecular flexibility index (Phi) is 3.36. The van der Waals surface area contributed by atoms with E-state index >= 15 is 0 Å². The Morgan fingerprint density at radius 1 is 0.773 bits per heavy atom. The minimum Gasteiger partial charge on any atom is -0.203 e. The summed E-state index contributed by atoms with van der Waals surface area (Å²) in [4.78, 5) is 0. The SMILES string of the molecule is Cc1cc(-c2c(F)c(F)c(F)c(F)c2F)c(C)c2nsnc12.